The topological polar surface area (TPSA) is 51.5 Å². The molecule has 26 heavy (non-hydrogen) atoms. The van der Waals surface area contributed by atoms with Gasteiger partial charge in [-0.2, -0.15) is 0 Å². The van der Waals surface area contributed by atoms with Crippen molar-refractivity contribution in [1.29, 1.82) is 0 Å². The Morgan fingerprint density at radius 1 is 1.15 bits per heavy atom. The van der Waals surface area contributed by atoms with Crippen LogP contribution in [0.4, 0.5) is 0 Å². The highest BCUT2D eigenvalue weighted by atomic mass is 16.5. The zero-order chi connectivity index (χ0) is 18.5. The lowest BCUT2D eigenvalue weighted by atomic mass is 9.90. The Hall–Kier alpha value is -2.56. The van der Waals surface area contributed by atoms with Crippen molar-refractivity contribution in [3.8, 4) is 5.75 Å². The second-order valence-electron chi connectivity index (χ2n) is 6.82. The van der Waals surface area contributed by atoms with Crippen molar-refractivity contribution in [3.05, 3.63) is 64.1 Å². The van der Waals surface area contributed by atoms with Crippen LogP contribution in [0, 0.1) is 0 Å². The van der Waals surface area contributed by atoms with Crippen LogP contribution in [0.15, 0.2) is 47.4 Å². The molecule has 3 rings (SSSR count). The van der Waals surface area contributed by atoms with Crippen molar-refractivity contribution in [3.63, 3.8) is 0 Å². The van der Waals surface area contributed by atoms with Gasteiger partial charge in [0.15, 0.2) is 0 Å². The van der Waals surface area contributed by atoms with E-state index in [1.165, 1.54) is 0 Å². The summed E-state index contributed by atoms with van der Waals surface area (Å²) in [4.78, 5) is 26.3. The third kappa shape index (κ3) is 4.34. The first kappa shape index (κ1) is 18.2. The van der Waals surface area contributed by atoms with Crippen molar-refractivity contribution in [2.45, 2.75) is 32.1 Å². The number of aromatic nitrogens is 1. The number of carbonyl (C=O) groups excluding carboxylic acids is 1. The molecular formula is C21H26N2O3. The molecular weight excluding hydrogens is 328 g/mol. The summed E-state index contributed by atoms with van der Waals surface area (Å²) in [7, 11) is 1.76. The number of ether oxygens (including phenoxy) is 1. The lowest BCUT2D eigenvalue weighted by molar-refractivity contribution is -0.131. The smallest absolute Gasteiger partial charge is 0.250 e. The van der Waals surface area contributed by atoms with Gasteiger partial charge < -0.3 is 14.2 Å². The Balaban J connectivity index is 1.54. The third-order valence-corrected chi connectivity index (χ3v) is 5.04. The number of carbonyl (C=O) groups is 1. The molecule has 1 aliphatic rings. The fourth-order valence-corrected chi connectivity index (χ4v) is 3.44. The minimum Gasteiger partial charge on any atom is -0.494 e. The fraction of sp³-hybridized carbons (Fsp3) is 0.429. The standard InChI is InChI=1S/C21H26N2O3/c1-3-26-19-6-4-16(5-7-19)14-21(25)23-12-9-17(10-13-23)18-8-11-22(2)20(24)15-18/h4-8,11,15,17H,3,9-10,12-14H2,1-2H3. The van der Waals surface area contributed by atoms with Gasteiger partial charge in [0, 0.05) is 32.4 Å². The van der Waals surface area contributed by atoms with Gasteiger partial charge in [0.25, 0.3) is 5.56 Å². The lowest BCUT2D eigenvalue weighted by Gasteiger charge is -2.32. The maximum Gasteiger partial charge on any atom is 0.250 e. The molecule has 0 spiro atoms. The second kappa shape index (κ2) is 8.21. The summed E-state index contributed by atoms with van der Waals surface area (Å²) in [5.41, 5.74) is 2.12. The Morgan fingerprint density at radius 2 is 1.85 bits per heavy atom. The summed E-state index contributed by atoms with van der Waals surface area (Å²) >= 11 is 0. The summed E-state index contributed by atoms with van der Waals surface area (Å²) in [5, 5.41) is 0. The van der Waals surface area contributed by atoms with Gasteiger partial charge in [-0.3, -0.25) is 9.59 Å². The Morgan fingerprint density at radius 3 is 2.46 bits per heavy atom. The van der Waals surface area contributed by atoms with Gasteiger partial charge in [-0.15, -0.1) is 0 Å². The zero-order valence-corrected chi connectivity index (χ0v) is 15.5. The van der Waals surface area contributed by atoms with Crippen LogP contribution in [0.3, 0.4) is 0 Å². The van der Waals surface area contributed by atoms with E-state index in [2.05, 4.69) is 0 Å². The van der Waals surface area contributed by atoms with E-state index >= 15 is 0 Å². The van der Waals surface area contributed by atoms with E-state index in [1.54, 1.807) is 17.7 Å². The zero-order valence-electron chi connectivity index (χ0n) is 15.5. The largest absolute Gasteiger partial charge is 0.494 e. The van der Waals surface area contributed by atoms with Crippen molar-refractivity contribution < 1.29 is 9.53 Å². The first-order valence-electron chi connectivity index (χ1n) is 9.23. The molecule has 5 heteroatoms. The number of hydrogen-bond acceptors (Lipinski definition) is 3. The van der Waals surface area contributed by atoms with Gasteiger partial charge in [0.1, 0.15) is 5.75 Å². The average Bonchev–Trinajstić information content (AvgIpc) is 2.66. The summed E-state index contributed by atoms with van der Waals surface area (Å²) in [6.45, 7) is 4.08. The summed E-state index contributed by atoms with van der Waals surface area (Å²) in [5.74, 6) is 1.36. The number of rotatable bonds is 5. The van der Waals surface area contributed by atoms with Crippen molar-refractivity contribution in [2.75, 3.05) is 19.7 Å². The summed E-state index contributed by atoms with van der Waals surface area (Å²) < 4.78 is 7.01. The van der Waals surface area contributed by atoms with Gasteiger partial charge in [-0.1, -0.05) is 12.1 Å². The average molecular weight is 354 g/mol. The molecule has 0 bridgehead atoms. The van der Waals surface area contributed by atoms with Crippen molar-refractivity contribution in [1.82, 2.24) is 9.47 Å². The number of piperidine rings is 1. The van der Waals surface area contributed by atoms with Crippen LogP contribution in [0.1, 0.15) is 36.8 Å². The highest BCUT2D eigenvalue weighted by molar-refractivity contribution is 5.79. The van der Waals surface area contributed by atoms with Crippen LogP contribution in [0.25, 0.3) is 0 Å². The van der Waals surface area contributed by atoms with Crippen molar-refractivity contribution >= 4 is 5.91 Å². The maximum absolute atomic E-state index is 12.6. The molecule has 1 amide bonds. The van der Waals surface area contributed by atoms with E-state index in [1.807, 2.05) is 48.4 Å². The van der Waals surface area contributed by atoms with Gasteiger partial charge in [-0.05, 0) is 55.0 Å². The molecule has 1 aromatic carbocycles. The number of aryl methyl sites for hydroxylation is 1. The Bertz CT molecular complexity index is 803. The maximum atomic E-state index is 12.6. The summed E-state index contributed by atoms with van der Waals surface area (Å²) in [6.07, 6.45) is 4.05. The molecule has 2 heterocycles. The van der Waals surface area contributed by atoms with E-state index in [4.69, 9.17) is 4.74 Å². The molecule has 0 N–H and O–H groups in total. The normalized spacial score (nSPS) is 15.1. The molecule has 1 saturated heterocycles. The summed E-state index contributed by atoms with van der Waals surface area (Å²) in [6, 6.07) is 11.5. The highest BCUT2D eigenvalue weighted by Crippen LogP contribution is 2.27. The molecule has 0 aliphatic carbocycles. The van der Waals surface area contributed by atoms with Crippen LogP contribution < -0.4 is 10.3 Å². The molecule has 0 atom stereocenters. The quantitative estimate of drug-likeness (QED) is 0.830. The van der Waals surface area contributed by atoms with E-state index in [0.29, 0.717) is 18.9 Å². The van der Waals surface area contributed by atoms with Crippen LogP contribution in [0.2, 0.25) is 0 Å². The number of nitrogens with zero attached hydrogens (tertiary/aromatic N) is 2. The monoisotopic (exact) mass is 354 g/mol. The number of benzene rings is 1. The van der Waals surface area contributed by atoms with Crippen LogP contribution in [-0.4, -0.2) is 35.1 Å². The minimum absolute atomic E-state index is 0.0245. The van der Waals surface area contributed by atoms with Crippen LogP contribution in [-0.2, 0) is 18.3 Å². The number of hydrogen-bond donors (Lipinski definition) is 0. The van der Waals surface area contributed by atoms with Gasteiger partial charge in [0.05, 0.1) is 13.0 Å². The molecule has 2 aromatic rings. The number of likely N-dealkylation sites (tertiary alicyclic amines) is 1. The van der Waals surface area contributed by atoms with Crippen LogP contribution >= 0.6 is 0 Å². The Kier molecular flexibility index (Phi) is 5.76. The number of amides is 1. The molecule has 0 unspecified atom stereocenters. The van der Waals surface area contributed by atoms with Crippen molar-refractivity contribution in [2.24, 2.45) is 7.05 Å². The van der Waals surface area contributed by atoms with Gasteiger partial charge in [0.2, 0.25) is 5.91 Å². The van der Waals surface area contributed by atoms with Gasteiger partial charge >= 0.3 is 0 Å². The molecule has 1 aliphatic heterocycles. The van der Waals surface area contributed by atoms with Gasteiger partial charge in [-0.25, -0.2) is 0 Å². The van der Waals surface area contributed by atoms with E-state index < -0.39 is 0 Å². The third-order valence-electron chi connectivity index (χ3n) is 5.04. The first-order valence-corrected chi connectivity index (χ1v) is 9.23. The highest BCUT2D eigenvalue weighted by Gasteiger charge is 2.24. The van der Waals surface area contributed by atoms with E-state index in [9.17, 15) is 9.59 Å². The van der Waals surface area contributed by atoms with E-state index in [-0.39, 0.29) is 11.5 Å². The predicted octanol–water partition coefficient (Wildman–Crippen LogP) is 2.73. The lowest BCUT2D eigenvalue weighted by Crippen LogP contribution is -2.39. The fourth-order valence-electron chi connectivity index (χ4n) is 3.44. The molecule has 1 aromatic heterocycles. The SMILES string of the molecule is CCOc1ccc(CC(=O)N2CCC(c3ccn(C)c(=O)c3)CC2)cc1. The predicted molar refractivity (Wildman–Crippen MR) is 102 cm³/mol. The second-order valence-corrected chi connectivity index (χ2v) is 6.82. The molecule has 0 saturated carbocycles. The molecule has 0 radical (unpaired) electrons. The van der Waals surface area contributed by atoms with Crippen LogP contribution in [0.5, 0.6) is 5.75 Å². The van der Waals surface area contributed by atoms with E-state index in [0.717, 1.165) is 42.8 Å². The number of pyridine rings is 1. The molecule has 1 fully saturated rings. The molecule has 138 valence electrons. The molecule has 5 nitrogen and oxygen atoms in total. The Labute approximate surface area is 154 Å². The minimum atomic E-state index is 0.0245. The first-order chi connectivity index (χ1) is 12.6.